The van der Waals surface area contributed by atoms with Gasteiger partial charge in [-0.05, 0) is 61.7 Å². The molecule has 0 bridgehead atoms. The van der Waals surface area contributed by atoms with Gasteiger partial charge in [0.15, 0.2) is 0 Å². The van der Waals surface area contributed by atoms with Gasteiger partial charge in [-0.25, -0.2) is 9.18 Å². The summed E-state index contributed by atoms with van der Waals surface area (Å²) in [7, 11) is 5.22. The molecule has 26 heavy (non-hydrogen) atoms. The lowest BCUT2D eigenvalue weighted by molar-refractivity contribution is 0.172. The van der Waals surface area contributed by atoms with Gasteiger partial charge in [0.1, 0.15) is 11.6 Å². The molecule has 2 aromatic carbocycles. The Kier molecular flexibility index (Phi) is 9.10. The third-order valence-electron chi connectivity index (χ3n) is 4.05. The Morgan fingerprint density at radius 3 is 2.50 bits per heavy atom. The number of carbonyl (C=O) groups is 1. The number of hydrogen-bond donors (Lipinski definition) is 1. The van der Waals surface area contributed by atoms with Crippen molar-refractivity contribution in [2.45, 2.75) is 25.3 Å². The lowest BCUT2D eigenvalue weighted by Gasteiger charge is -2.18. The van der Waals surface area contributed by atoms with Gasteiger partial charge in [0.2, 0.25) is 0 Å². The van der Waals surface area contributed by atoms with Crippen LogP contribution in [-0.4, -0.2) is 32.1 Å². The first-order valence-electron chi connectivity index (χ1n) is 8.40. The summed E-state index contributed by atoms with van der Waals surface area (Å²) in [5, 5.41) is 3.31. The van der Waals surface area contributed by atoms with Gasteiger partial charge >= 0.3 is 6.09 Å². The monoisotopic (exact) mass is 380 g/mol. The van der Waals surface area contributed by atoms with Crippen molar-refractivity contribution in [3.05, 3.63) is 65.5 Å². The normalized spacial score (nSPS) is 11.4. The molecule has 0 aliphatic heterocycles. The summed E-state index contributed by atoms with van der Waals surface area (Å²) in [5.41, 5.74) is 2.20. The maximum Gasteiger partial charge on any atom is 0.414 e. The average molecular weight is 381 g/mol. The van der Waals surface area contributed by atoms with Crippen LogP contribution in [0.4, 0.5) is 9.18 Å². The van der Waals surface area contributed by atoms with Crippen molar-refractivity contribution >= 4 is 18.5 Å². The number of rotatable bonds is 7. The molecule has 0 aromatic heterocycles. The molecular formula is C20H26ClFN2O2. The van der Waals surface area contributed by atoms with Gasteiger partial charge in [-0.1, -0.05) is 24.3 Å². The smallest absolute Gasteiger partial charge is 0.410 e. The van der Waals surface area contributed by atoms with Gasteiger partial charge in [0.25, 0.3) is 0 Å². The second-order valence-electron chi connectivity index (χ2n) is 6.19. The van der Waals surface area contributed by atoms with Gasteiger partial charge in [0, 0.05) is 20.1 Å². The molecular weight excluding hydrogens is 355 g/mol. The Morgan fingerprint density at radius 1 is 1.19 bits per heavy atom. The maximum atomic E-state index is 12.9. The van der Waals surface area contributed by atoms with Gasteiger partial charge in [-0.15, -0.1) is 12.4 Å². The van der Waals surface area contributed by atoms with E-state index in [1.807, 2.05) is 37.4 Å². The van der Waals surface area contributed by atoms with E-state index in [9.17, 15) is 9.18 Å². The minimum atomic E-state index is -0.394. The molecule has 1 N–H and O–H groups in total. The third-order valence-corrected chi connectivity index (χ3v) is 4.05. The highest BCUT2D eigenvalue weighted by Gasteiger charge is 2.12. The predicted molar refractivity (Wildman–Crippen MR) is 105 cm³/mol. The fourth-order valence-corrected chi connectivity index (χ4v) is 2.63. The Morgan fingerprint density at radius 2 is 1.88 bits per heavy atom. The van der Waals surface area contributed by atoms with Crippen LogP contribution >= 0.6 is 12.4 Å². The molecule has 2 aromatic rings. The zero-order valence-electron chi connectivity index (χ0n) is 15.4. The molecule has 0 saturated heterocycles. The standard InChI is InChI=1S/C20H25FN2O2.ClH/c1-22-19(9-4-6-15-10-12-17(21)13-11-15)16-7-5-8-18(14-16)25-20(24)23(2)3;/h5,7-8,10-14,19,22H,4,6,9H2,1-3H3;1H. The minimum absolute atomic E-state index is 0. The van der Waals surface area contributed by atoms with Crippen molar-refractivity contribution in [1.29, 1.82) is 0 Å². The number of ether oxygens (including phenoxy) is 1. The van der Waals surface area contributed by atoms with Crippen LogP contribution in [-0.2, 0) is 6.42 Å². The summed E-state index contributed by atoms with van der Waals surface area (Å²) in [4.78, 5) is 13.1. The summed E-state index contributed by atoms with van der Waals surface area (Å²) in [5.74, 6) is 0.330. The van der Waals surface area contributed by atoms with Crippen molar-refractivity contribution in [3.63, 3.8) is 0 Å². The largest absolute Gasteiger partial charge is 0.414 e. The number of nitrogens with zero attached hydrogens (tertiary/aromatic N) is 1. The first kappa shape index (κ1) is 21.9. The van der Waals surface area contributed by atoms with Crippen LogP contribution in [0.15, 0.2) is 48.5 Å². The molecule has 1 unspecified atom stereocenters. The van der Waals surface area contributed by atoms with Crippen LogP contribution < -0.4 is 10.1 Å². The van der Waals surface area contributed by atoms with Crippen molar-refractivity contribution in [2.75, 3.05) is 21.1 Å². The summed E-state index contributed by atoms with van der Waals surface area (Å²) < 4.78 is 18.3. The SMILES string of the molecule is CNC(CCCc1ccc(F)cc1)c1cccc(OC(=O)N(C)C)c1.Cl. The fourth-order valence-electron chi connectivity index (χ4n) is 2.63. The Hall–Kier alpha value is -2.11. The first-order chi connectivity index (χ1) is 12.0. The molecule has 1 amide bonds. The highest BCUT2D eigenvalue weighted by atomic mass is 35.5. The number of benzene rings is 2. The Bertz CT molecular complexity index is 692. The van der Waals surface area contributed by atoms with Crippen LogP contribution in [0, 0.1) is 5.82 Å². The van der Waals surface area contributed by atoms with Gasteiger partial charge < -0.3 is 15.0 Å². The summed E-state index contributed by atoms with van der Waals surface area (Å²) in [6, 6.07) is 14.4. The van der Waals surface area contributed by atoms with Crippen LogP contribution in [0.3, 0.4) is 0 Å². The molecule has 0 spiro atoms. The Balaban J connectivity index is 0.00000338. The molecule has 0 radical (unpaired) electrons. The van der Waals surface area contributed by atoms with Crippen LogP contribution in [0.2, 0.25) is 0 Å². The van der Waals surface area contributed by atoms with Gasteiger partial charge in [0.05, 0.1) is 0 Å². The molecule has 4 nitrogen and oxygen atoms in total. The van der Waals surface area contributed by atoms with Gasteiger partial charge in [-0.2, -0.15) is 0 Å². The van der Waals surface area contributed by atoms with Crippen LogP contribution in [0.5, 0.6) is 5.75 Å². The topological polar surface area (TPSA) is 41.6 Å². The summed E-state index contributed by atoms with van der Waals surface area (Å²) in [6.45, 7) is 0. The van der Waals surface area contributed by atoms with Gasteiger partial charge in [-0.3, -0.25) is 0 Å². The zero-order chi connectivity index (χ0) is 18.2. The van der Waals surface area contributed by atoms with E-state index in [0.29, 0.717) is 5.75 Å². The Labute approximate surface area is 160 Å². The molecule has 2 rings (SSSR count). The quantitative estimate of drug-likeness (QED) is 0.763. The van der Waals surface area contributed by atoms with E-state index in [1.165, 1.54) is 17.0 Å². The average Bonchev–Trinajstić information content (AvgIpc) is 2.60. The van der Waals surface area contributed by atoms with Crippen LogP contribution in [0.1, 0.15) is 30.0 Å². The number of amides is 1. The molecule has 142 valence electrons. The van der Waals surface area contributed by atoms with E-state index in [2.05, 4.69) is 5.32 Å². The zero-order valence-corrected chi connectivity index (χ0v) is 16.2. The molecule has 0 saturated carbocycles. The maximum absolute atomic E-state index is 12.9. The third kappa shape index (κ3) is 6.65. The van der Waals surface area contributed by atoms with E-state index in [1.54, 1.807) is 20.2 Å². The van der Waals surface area contributed by atoms with Crippen molar-refractivity contribution in [3.8, 4) is 5.75 Å². The van der Waals surface area contributed by atoms with Crippen LogP contribution in [0.25, 0.3) is 0 Å². The first-order valence-corrected chi connectivity index (χ1v) is 8.40. The van der Waals surface area contributed by atoms with E-state index in [-0.39, 0.29) is 24.3 Å². The van der Waals surface area contributed by atoms with Crippen molar-refractivity contribution < 1.29 is 13.9 Å². The number of aryl methyl sites for hydroxylation is 1. The summed E-state index contributed by atoms with van der Waals surface area (Å²) >= 11 is 0. The molecule has 0 heterocycles. The van der Waals surface area contributed by atoms with Crippen molar-refractivity contribution in [2.24, 2.45) is 0 Å². The lowest BCUT2D eigenvalue weighted by Crippen LogP contribution is -2.25. The minimum Gasteiger partial charge on any atom is -0.410 e. The number of hydrogen-bond acceptors (Lipinski definition) is 3. The number of carbonyl (C=O) groups excluding carboxylic acids is 1. The number of nitrogens with one attached hydrogen (secondary N) is 1. The lowest BCUT2D eigenvalue weighted by atomic mass is 9.99. The highest BCUT2D eigenvalue weighted by molar-refractivity contribution is 5.85. The highest BCUT2D eigenvalue weighted by Crippen LogP contribution is 2.24. The van der Waals surface area contributed by atoms with E-state index >= 15 is 0 Å². The second kappa shape index (κ2) is 10.8. The number of halogens is 2. The predicted octanol–water partition coefficient (Wildman–Crippen LogP) is 4.59. The summed E-state index contributed by atoms with van der Waals surface area (Å²) in [6.07, 6.45) is 2.40. The van der Waals surface area contributed by atoms with E-state index < -0.39 is 6.09 Å². The second-order valence-corrected chi connectivity index (χ2v) is 6.19. The molecule has 0 fully saturated rings. The molecule has 0 aliphatic carbocycles. The van der Waals surface area contributed by atoms with E-state index in [0.717, 1.165) is 30.4 Å². The molecule has 1 atom stereocenters. The van der Waals surface area contributed by atoms with E-state index in [4.69, 9.17) is 4.74 Å². The molecule has 6 heteroatoms. The molecule has 0 aliphatic rings. The fraction of sp³-hybridized carbons (Fsp3) is 0.350. The van der Waals surface area contributed by atoms with Crippen molar-refractivity contribution in [1.82, 2.24) is 10.2 Å².